The Morgan fingerprint density at radius 2 is 1.06 bits per heavy atom. The summed E-state index contributed by atoms with van der Waals surface area (Å²) in [6, 6.07) is 43.1. The molecule has 0 aromatic heterocycles. The molecule has 0 nitrogen and oxygen atoms in total. The van der Waals surface area contributed by atoms with Crippen molar-refractivity contribution in [3.63, 3.8) is 0 Å². The first-order chi connectivity index (χ1) is 17.5. The molecule has 36 heavy (non-hydrogen) atoms. The monoisotopic (exact) mass is 476 g/mol. The molecule has 0 spiro atoms. The Bertz CT molecular complexity index is 1810. The largest absolute Gasteiger partial charge is 0.113 e. The summed E-state index contributed by atoms with van der Waals surface area (Å²) in [5.41, 5.74) is 9.39. The topological polar surface area (TPSA) is 0 Å². The predicted octanol–water partition coefficient (Wildman–Crippen LogP) is 8.44. The Balaban J connectivity index is 1.60. The molecule has 7 rings (SSSR count). The van der Waals surface area contributed by atoms with Crippen LogP contribution in [0.25, 0.3) is 54.9 Å². The van der Waals surface area contributed by atoms with Crippen LogP contribution in [0, 0.1) is 6.92 Å². The SMILES string of the molecule is Cc1ccc2c(-c3ccccc3)c3ccccc3c(-c3ccc4c(c3)-c3ccccc3[Si]4(C)C)c2c1. The molecule has 172 valence electrons. The minimum Gasteiger partial charge on any atom is -0.0623 e. The van der Waals surface area contributed by atoms with Crippen molar-refractivity contribution in [3.8, 4) is 33.4 Å². The quantitative estimate of drug-likeness (QED) is 0.174. The number of hydrogen-bond donors (Lipinski definition) is 0. The highest BCUT2D eigenvalue weighted by atomic mass is 28.3. The van der Waals surface area contributed by atoms with Gasteiger partial charge in [-0.3, -0.25) is 0 Å². The van der Waals surface area contributed by atoms with Gasteiger partial charge in [0.15, 0.2) is 0 Å². The van der Waals surface area contributed by atoms with Crippen LogP contribution in [0.15, 0.2) is 115 Å². The molecule has 0 aliphatic carbocycles. The fraction of sp³-hybridized carbons (Fsp3) is 0.0857. The average molecular weight is 477 g/mol. The van der Waals surface area contributed by atoms with Gasteiger partial charge in [-0.1, -0.05) is 128 Å². The average Bonchev–Trinajstić information content (AvgIpc) is 3.14. The zero-order valence-electron chi connectivity index (χ0n) is 21.0. The van der Waals surface area contributed by atoms with E-state index in [0.29, 0.717) is 0 Å². The maximum atomic E-state index is 2.49. The first-order valence-electron chi connectivity index (χ1n) is 12.8. The molecule has 0 N–H and O–H groups in total. The van der Waals surface area contributed by atoms with Gasteiger partial charge < -0.3 is 0 Å². The molecule has 0 atom stereocenters. The number of rotatable bonds is 2. The van der Waals surface area contributed by atoms with Crippen LogP contribution in [-0.2, 0) is 0 Å². The molecule has 1 aliphatic rings. The van der Waals surface area contributed by atoms with Crippen molar-refractivity contribution in [2.45, 2.75) is 20.0 Å². The van der Waals surface area contributed by atoms with Gasteiger partial charge in [0.05, 0.1) is 0 Å². The third-order valence-electron chi connectivity index (χ3n) is 8.11. The maximum Gasteiger partial charge on any atom is 0.113 e. The lowest BCUT2D eigenvalue weighted by molar-refractivity contribution is 1.51. The van der Waals surface area contributed by atoms with Gasteiger partial charge >= 0.3 is 0 Å². The normalized spacial score (nSPS) is 13.6. The lowest BCUT2D eigenvalue weighted by atomic mass is 9.85. The number of fused-ring (bicyclic) bond motifs is 5. The molecule has 6 aromatic rings. The molecule has 1 heterocycles. The van der Waals surface area contributed by atoms with Gasteiger partial charge in [0.2, 0.25) is 0 Å². The van der Waals surface area contributed by atoms with Crippen molar-refractivity contribution < 1.29 is 0 Å². The summed E-state index contributed by atoms with van der Waals surface area (Å²) >= 11 is 0. The van der Waals surface area contributed by atoms with Gasteiger partial charge in [0.25, 0.3) is 0 Å². The van der Waals surface area contributed by atoms with Crippen molar-refractivity contribution in [1.82, 2.24) is 0 Å². The van der Waals surface area contributed by atoms with Crippen LogP contribution in [0.5, 0.6) is 0 Å². The number of benzene rings is 6. The summed E-state index contributed by atoms with van der Waals surface area (Å²) in [6.07, 6.45) is 0. The van der Waals surface area contributed by atoms with E-state index in [-0.39, 0.29) is 0 Å². The Morgan fingerprint density at radius 3 is 1.83 bits per heavy atom. The van der Waals surface area contributed by atoms with E-state index in [4.69, 9.17) is 0 Å². The fourth-order valence-electron chi connectivity index (χ4n) is 6.39. The molecular formula is C35H28Si. The van der Waals surface area contributed by atoms with E-state index in [1.54, 1.807) is 10.4 Å². The van der Waals surface area contributed by atoms with Crippen LogP contribution < -0.4 is 10.4 Å². The molecule has 6 aromatic carbocycles. The smallest absolute Gasteiger partial charge is 0.0623 e. The van der Waals surface area contributed by atoms with Gasteiger partial charge in [-0.25, -0.2) is 0 Å². The highest BCUT2D eigenvalue weighted by Gasteiger charge is 2.37. The van der Waals surface area contributed by atoms with Crippen molar-refractivity contribution in [2.24, 2.45) is 0 Å². The van der Waals surface area contributed by atoms with E-state index in [1.165, 1.54) is 60.5 Å². The van der Waals surface area contributed by atoms with Gasteiger partial charge in [-0.05, 0) is 78.3 Å². The van der Waals surface area contributed by atoms with E-state index in [0.717, 1.165) is 0 Å². The molecule has 0 saturated heterocycles. The van der Waals surface area contributed by atoms with Crippen LogP contribution in [-0.4, -0.2) is 8.07 Å². The van der Waals surface area contributed by atoms with Gasteiger partial charge in [0.1, 0.15) is 8.07 Å². The summed E-state index contributed by atoms with van der Waals surface area (Å²) in [6.45, 7) is 7.17. The molecule has 0 saturated carbocycles. The van der Waals surface area contributed by atoms with Crippen LogP contribution in [0.4, 0.5) is 0 Å². The second kappa shape index (κ2) is 7.78. The van der Waals surface area contributed by atoms with Crippen molar-refractivity contribution in [3.05, 3.63) is 121 Å². The molecule has 0 amide bonds. The fourth-order valence-corrected chi connectivity index (χ4v) is 9.47. The molecule has 0 fully saturated rings. The van der Waals surface area contributed by atoms with E-state index < -0.39 is 8.07 Å². The molecular weight excluding hydrogens is 448 g/mol. The van der Waals surface area contributed by atoms with E-state index in [1.807, 2.05) is 0 Å². The molecule has 0 bridgehead atoms. The maximum absolute atomic E-state index is 2.49. The minimum atomic E-state index is -1.67. The zero-order chi connectivity index (χ0) is 24.4. The van der Waals surface area contributed by atoms with E-state index >= 15 is 0 Å². The number of hydrogen-bond acceptors (Lipinski definition) is 0. The molecule has 0 radical (unpaired) electrons. The van der Waals surface area contributed by atoms with Gasteiger partial charge in [0, 0.05) is 0 Å². The Kier molecular flexibility index (Phi) is 4.61. The van der Waals surface area contributed by atoms with Crippen molar-refractivity contribution in [1.29, 1.82) is 0 Å². The summed E-state index contributed by atoms with van der Waals surface area (Å²) < 4.78 is 0. The van der Waals surface area contributed by atoms with Crippen LogP contribution in [0.1, 0.15) is 5.56 Å². The third kappa shape index (κ3) is 2.99. The van der Waals surface area contributed by atoms with E-state index in [9.17, 15) is 0 Å². The van der Waals surface area contributed by atoms with Gasteiger partial charge in [-0.2, -0.15) is 0 Å². The van der Waals surface area contributed by atoms with Crippen molar-refractivity contribution in [2.75, 3.05) is 0 Å². The first kappa shape index (κ1) is 21.3. The summed E-state index contributed by atoms with van der Waals surface area (Å²) in [5.74, 6) is 0. The summed E-state index contributed by atoms with van der Waals surface area (Å²) in [5, 5.41) is 8.38. The minimum absolute atomic E-state index is 1.27. The Morgan fingerprint density at radius 1 is 0.444 bits per heavy atom. The second-order valence-electron chi connectivity index (χ2n) is 10.6. The molecule has 0 unspecified atom stereocenters. The highest BCUT2D eigenvalue weighted by Crippen LogP contribution is 2.44. The lowest BCUT2D eigenvalue weighted by Gasteiger charge is -2.20. The van der Waals surface area contributed by atoms with E-state index in [2.05, 4.69) is 135 Å². The Hall–Kier alpha value is -3.94. The molecule has 1 heteroatoms. The second-order valence-corrected chi connectivity index (χ2v) is 15.0. The number of aryl methyl sites for hydroxylation is 1. The van der Waals surface area contributed by atoms with Crippen LogP contribution in [0.3, 0.4) is 0 Å². The third-order valence-corrected chi connectivity index (χ3v) is 11.7. The lowest BCUT2D eigenvalue weighted by Crippen LogP contribution is -2.49. The van der Waals surface area contributed by atoms with Gasteiger partial charge in [-0.15, -0.1) is 0 Å². The van der Waals surface area contributed by atoms with Crippen LogP contribution >= 0.6 is 0 Å². The Labute approximate surface area is 213 Å². The standard InChI is InChI=1S/C35H28Si/c1-23-17-19-29-31(21-23)35(28-15-8-7-14-27(28)34(29)24-11-5-4-6-12-24)25-18-20-33-30(22-25)26-13-9-10-16-32(26)36(33,2)3/h4-22H,1-3H3. The summed E-state index contributed by atoms with van der Waals surface area (Å²) in [4.78, 5) is 0. The van der Waals surface area contributed by atoms with Crippen molar-refractivity contribution >= 4 is 40.0 Å². The van der Waals surface area contributed by atoms with Crippen LogP contribution in [0.2, 0.25) is 13.1 Å². The first-order valence-corrected chi connectivity index (χ1v) is 15.8. The highest BCUT2D eigenvalue weighted by molar-refractivity contribution is 7.03. The predicted molar refractivity (Wildman–Crippen MR) is 159 cm³/mol. The molecule has 1 aliphatic heterocycles. The zero-order valence-corrected chi connectivity index (χ0v) is 22.0. The summed E-state index contributed by atoms with van der Waals surface area (Å²) in [7, 11) is -1.67.